The van der Waals surface area contributed by atoms with Crippen molar-refractivity contribution in [3.8, 4) is 0 Å². The Morgan fingerprint density at radius 2 is 2.47 bits per heavy atom. The van der Waals surface area contributed by atoms with Gasteiger partial charge in [0.1, 0.15) is 0 Å². The van der Waals surface area contributed by atoms with Crippen LogP contribution in [0.1, 0.15) is 25.5 Å². The lowest BCUT2D eigenvalue weighted by Crippen LogP contribution is -2.52. The van der Waals surface area contributed by atoms with E-state index in [0.29, 0.717) is 12.5 Å². The number of rotatable bonds is 3. The lowest BCUT2D eigenvalue weighted by atomic mass is 10.00. The van der Waals surface area contributed by atoms with E-state index in [9.17, 15) is 4.79 Å². The molecule has 1 saturated heterocycles. The Balaban J connectivity index is 1.84. The van der Waals surface area contributed by atoms with Crippen LogP contribution >= 0.6 is 0 Å². The molecular weight excluding hydrogens is 214 g/mol. The van der Waals surface area contributed by atoms with Crippen molar-refractivity contribution in [3.63, 3.8) is 0 Å². The monoisotopic (exact) mass is 233 g/mol. The molecule has 1 aromatic rings. The normalized spacial score (nSPS) is 24.3. The Hall–Kier alpha value is -1.42. The molecule has 1 aromatic heterocycles. The van der Waals surface area contributed by atoms with Gasteiger partial charge in [0.25, 0.3) is 0 Å². The summed E-state index contributed by atoms with van der Waals surface area (Å²) in [5, 5.41) is 6.45. The average molecular weight is 233 g/mol. The van der Waals surface area contributed by atoms with Gasteiger partial charge in [-0.05, 0) is 38.4 Å². The third kappa shape index (κ3) is 3.53. The van der Waals surface area contributed by atoms with Crippen LogP contribution in [0, 0.1) is 0 Å². The Morgan fingerprint density at radius 1 is 1.59 bits per heavy atom. The summed E-state index contributed by atoms with van der Waals surface area (Å²) >= 11 is 0. The topological polar surface area (TPSA) is 54.0 Å². The van der Waals surface area contributed by atoms with Gasteiger partial charge in [-0.15, -0.1) is 0 Å². The standard InChI is InChI=1S/C13H19N3O/c1-10-12(6-4-8-14-10)16-13(17)9-11-5-2-3-7-15-11/h2-3,5,7,10,12,14H,4,6,8-9H2,1H3,(H,16,17). The van der Waals surface area contributed by atoms with E-state index in [4.69, 9.17) is 0 Å². The van der Waals surface area contributed by atoms with E-state index in [1.807, 2.05) is 18.2 Å². The molecule has 2 heterocycles. The van der Waals surface area contributed by atoms with E-state index in [-0.39, 0.29) is 11.9 Å². The number of nitrogens with one attached hydrogen (secondary N) is 2. The minimum Gasteiger partial charge on any atom is -0.351 e. The number of pyridine rings is 1. The van der Waals surface area contributed by atoms with Crippen molar-refractivity contribution >= 4 is 5.91 Å². The van der Waals surface area contributed by atoms with Gasteiger partial charge in [0.2, 0.25) is 5.91 Å². The molecule has 17 heavy (non-hydrogen) atoms. The Kier molecular flexibility index (Phi) is 4.09. The first-order valence-corrected chi connectivity index (χ1v) is 6.18. The van der Waals surface area contributed by atoms with Crippen LogP contribution in [0.2, 0.25) is 0 Å². The molecule has 92 valence electrons. The molecule has 0 aromatic carbocycles. The number of nitrogens with zero attached hydrogens (tertiary/aromatic N) is 1. The van der Waals surface area contributed by atoms with Crippen molar-refractivity contribution in [3.05, 3.63) is 30.1 Å². The van der Waals surface area contributed by atoms with Crippen molar-refractivity contribution in [1.29, 1.82) is 0 Å². The molecule has 1 amide bonds. The highest BCUT2D eigenvalue weighted by atomic mass is 16.1. The summed E-state index contributed by atoms with van der Waals surface area (Å²) < 4.78 is 0. The molecule has 2 atom stereocenters. The molecule has 2 N–H and O–H groups in total. The van der Waals surface area contributed by atoms with Gasteiger partial charge in [0.15, 0.2) is 0 Å². The number of hydrogen-bond acceptors (Lipinski definition) is 3. The molecule has 4 heteroatoms. The molecule has 1 aliphatic heterocycles. The summed E-state index contributed by atoms with van der Waals surface area (Å²) in [5.41, 5.74) is 0.821. The summed E-state index contributed by atoms with van der Waals surface area (Å²) in [6, 6.07) is 6.24. The quantitative estimate of drug-likeness (QED) is 0.815. The van der Waals surface area contributed by atoms with Crippen molar-refractivity contribution in [2.24, 2.45) is 0 Å². The van der Waals surface area contributed by atoms with E-state index in [1.165, 1.54) is 0 Å². The molecule has 0 aliphatic carbocycles. The lowest BCUT2D eigenvalue weighted by Gasteiger charge is -2.30. The summed E-state index contributed by atoms with van der Waals surface area (Å²) in [6.45, 7) is 3.17. The number of hydrogen-bond donors (Lipinski definition) is 2. The van der Waals surface area contributed by atoms with Gasteiger partial charge >= 0.3 is 0 Å². The smallest absolute Gasteiger partial charge is 0.226 e. The van der Waals surface area contributed by atoms with E-state index in [0.717, 1.165) is 25.1 Å². The van der Waals surface area contributed by atoms with E-state index >= 15 is 0 Å². The molecule has 0 saturated carbocycles. The van der Waals surface area contributed by atoms with Gasteiger partial charge in [-0.25, -0.2) is 0 Å². The predicted molar refractivity (Wildman–Crippen MR) is 66.6 cm³/mol. The number of amides is 1. The van der Waals surface area contributed by atoms with Gasteiger partial charge in [-0.2, -0.15) is 0 Å². The van der Waals surface area contributed by atoms with Gasteiger partial charge < -0.3 is 10.6 Å². The molecule has 1 fully saturated rings. The second kappa shape index (κ2) is 5.77. The lowest BCUT2D eigenvalue weighted by molar-refractivity contribution is -0.121. The highest BCUT2D eigenvalue weighted by Crippen LogP contribution is 2.08. The van der Waals surface area contributed by atoms with Crippen LogP contribution in [-0.4, -0.2) is 29.5 Å². The van der Waals surface area contributed by atoms with Gasteiger partial charge in [0, 0.05) is 24.0 Å². The van der Waals surface area contributed by atoms with Crippen LogP contribution in [0.15, 0.2) is 24.4 Å². The maximum atomic E-state index is 11.8. The summed E-state index contributed by atoms with van der Waals surface area (Å²) in [6.07, 6.45) is 4.26. The molecule has 0 radical (unpaired) electrons. The fourth-order valence-corrected chi connectivity index (χ4v) is 2.17. The maximum absolute atomic E-state index is 11.8. The second-order valence-electron chi connectivity index (χ2n) is 4.56. The number of piperidine rings is 1. The van der Waals surface area contributed by atoms with Crippen molar-refractivity contribution in [2.45, 2.75) is 38.3 Å². The van der Waals surface area contributed by atoms with Crippen LogP contribution in [0.3, 0.4) is 0 Å². The summed E-state index contributed by atoms with van der Waals surface area (Å²) in [5.74, 6) is 0.0595. The first-order valence-electron chi connectivity index (χ1n) is 6.18. The predicted octanol–water partition coefficient (Wildman–Crippen LogP) is 0.881. The van der Waals surface area contributed by atoms with Crippen LogP contribution < -0.4 is 10.6 Å². The minimum atomic E-state index is 0.0595. The summed E-state index contributed by atoms with van der Waals surface area (Å²) in [7, 11) is 0. The SMILES string of the molecule is CC1NCCCC1NC(=O)Cc1ccccn1. The molecule has 2 unspecified atom stereocenters. The van der Waals surface area contributed by atoms with Crippen molar-refractivity contribution in [1.82, 2.24) is 15.6 Å². The zero-order valence-electron chi connectivity index (χ0n) is 10.1. The largest absolute Gasteiger partial charge is 0.351 e. The number of aromatic nitrogens is 1. The zero-order chi connectivity index (χ0) is 12.1. The minimum absolute atomic E-state index is 0.0595. The molecule has 0 spiro atoms. The van der Waals surface area contributed by atoms with Crippen molar-refractivity contribution < 1.29 is 4.79 Å². The van der Waals surface area contributed by atoms with Crippen LogP contribution in [0.5, 0.6) is 0 Å². The first-order chi connectivity index (χ1) is 8.25. The highest BCUT2D eigenvalue weighted by molar-refractivity contribution is 5.78. The fraction of sp³-hybridized carbons (Fsp3) is 0.538. The van der Waals surface area contributed by atoms with E-state index in [1.54, 1.807) is 6.20 Å². The third-order valence-corrected chi connectivity index (χ3v) is 3.18. The van der Waals surface area contributed by atoms with Crippen LogP contribution in [0.4, 0.5) is 0 Å². The van der Waals surface area contributed by atoms with E-state index < -0.39 is 0 Å². The maximum Gasteiger partial charge on any atom is 0.226 e. The Labute approximate surface area is 102 Å². The van der Waals surface area contributed by atoms with Gasteiger partial charge in [0.05, 0.1) is 6.42 Å². The number of carbonyl (C=O) groups excluding carboxylic acids is 1. The third-order valence-electron chi connectivity index (χ3n) is 3.18. The highest BCUT2D eigenvalue weighted by Gasteiger charge is 2.22. The fourth-order valence-electron chi connectivity index (χ4n) is 2.17. The molecule has 0 bridgehead atoms. The Bertz CT molecular complexity index is 366. The Morgan fingerprint density at radius 3 is 3.18 bits per heavy atom. The van der Waals surface area contributed by atoms with Gasteiger partial charge in [-0.3, -0.25) is 9.78 Å². The van der Waals surface area contributed by atoms with Crippen molar-refractivity contribution in [2.75, 3.05) is 6.54 Å². The van der Waals surface area contributed by atoms with Crippen LogP contribution in [0.25, 0.3) is 0 Å². The molecular formula is C13H19N3O. The zero-order valence-corrected chi connectivity index (χ0v) is 10.1. The van der Waals surface area contributed by atoms with E-state index in [2.05, 4.69) is 22.5 Å². The average Bonchev–Trinajstić information content (AvgIpc) is 2.33. The van der Waals surface area contributed by atoms with Gasteiger partial charge in [-0.1, -0.05) is 6.07 Å². The molecule has 4 nitrogen and oxygen atoms in total. The molecule has 2 rings (SSSR count). The first kappa shape index (κ1) is 12.0. The van der Waals surface area contributed by atoms with Crippen LogP contribution in [-0.2, 0) is 11.2 Å². The second-order valence-corrected chi connectivity index (χ2v) is 4.56. The molecule has 1 aliphatic rings. The summed E-state index contributed by atoms with van der Waals surface area (Å²) in [4.78, 5) is 16.0. The number of carbonyl (C=O) groups is 1.